The third-order valence-electron chi connectivity index (χ3n) is 2.29. The monoisotopic (exact) mass is 271 g/mol. The van der Waals surface area contributed by atoms with Gasteiger partial charge in [0.1, 0.15) is 5.25 Å². The smallest absolute Gasteiger partial charge is 0.235 e. The molecule has 100 valence electrons. The number of nitrogens with two attached hydrogens (primary N) is 1. The number of carbonyl (C=O) groups is 1. The van der Waals surface area contributed by atoms with Gasteiger partial charge in [-0.25, -0.2) is 4.98 Å². The summed E-state index contributed by atoms with van der Waals surface area (Å²) >= 11 is 0. The average Bonchev–Trinajstić information content (AvgIpc) is 2.38. The van der Waals surface area contributed by atoms with Crippen LogP contribution in [0.1, 0.15) is 6.92 Å². The molecule has 1 amide bonds. The number of rotatable bonds is 6. The van der Waals surface area contributed by atoms with Gasteiger partial charge in [0.15, 0.2) is 5.03 Å². The first-order chi connectivity index (χ1) is 8.57. The molecule has 2 atom stereocenters. The van der Waals surface area contributed by atoms with Crippen LogP contribution in [0.15, 0.2) is 23.4 Å². The van der Waals surface area contributed by atoms with Crippen LogP contribution < -0.4 is 11.1 Å². The number of carbonyl (C=O) groups excluding carboxylic acids is 1. The standard InChI is InChI=1S/C11H17N3O3S/c1-8(10(15)13-6-7-17-2)18(16)11-9(12)4-3-5-14-11/h3-5,8H,6-7,12H2,1-2H3,(H,13,15). The predicted molar refractivity (Wildman–Crippen MR) is 69.4 cm³/mol. The lowest BCUT2D eigenvalue weighted by atomic mass is 10.4. The van der Waals surface area contributed by atoms with Crippen molar-refractivity contribution >= 4 is 22.4 Å². The Morgan fingerprint density at radius 2 is 2.39 bits per heavy atom. The Kier molecular flexibility index (Phi) is 5.73. The molecule has 1 rings (SSSR count). The lowest BCUT2D eigenvalue weighted by Crippen LogP contribution is -2.37. The first-order valence-corrected chi connectivity index (χ1v) is 6.67. The van der Waals surface area contributed by atoms with Crippen LogP contribution in [0.4, 0.5) is 5.69 Å². The minimum absolute atomic E-state index is 0.242. The summed E-state index contributed by atoms with van der Waals surface area (Å²) in [5, 5.41) is 2.16. The minimum Gasteiger partial charge on any atom is -0.396 e. The first kappa shape index (κ1) is 14.6. The molecular weight excluding hydrogens is 254 g/mol. The highest BCUT2D eigenvalue weighted by Gasteiger charge is 2.23. The van der Waals surface area contributed by atoms with Crippen LogP contribution in [0, 0.1) is 0 Å². The molecule has 1 aromatic heterocycles. The summed E-state index contributed by atoms with van der Waals surface area (Å²) < 4.78 is 16.9. The Bertz CT molecular complexity index is 439. The van der Waals surface area contributed by atoms with E-state index >= 15 is 0 Å². The summed E-state index contributed by atoms with van der Waals surface area (Å²) in [5.74, 6) is -0.310. The van der Waals surface area contributed by atoms with Crippen molar-refractivity contribution in [2.45, 2.75) is 17.2 Å². The number of pyridine rings is 1. The molecule has 0 saturated carbocycles. The number of ether oxygens (including phenoxy) is 1. The summed E-state index contributed by atoms with van der Waals surface area (Å²) in [5.41, 5.74) is 6.00. The van der Waals surface area contributed by atoms with Gasteiger partial charge in [-0.15, -0.1) is 0 Å². The Balaban J connectivity index is 2.67. The molecule has 6 nitrogen and oxygen atoms in total. The van der Waals surface area contributed by atoms with Crippen molar-refractivity contribution in [3.8, 4) is 0 Å². The molecule has 0 aliphatic rings. The van der Waals surface area contributed by atoms with E-state index in [4.69, 9.17) is 10.5 Å². The highest BCUT2D eigenvalue weighted by atomic mass is 32.2. The maximum Gasteiger partial charge on any atom is 0.235 e. The van der Waals surface area contributed by atoms with Crippen molar-refractivity contribution in [3.63, 3.8) is 0 Å². The first-order valence-electron chi connectivity index (χ1n) is 5.45. The van der Waals surface area contributed by atoms with Crippen LogP contribution in [0.5, 0.6) is 0 Å². The highest BCUT2D eigenvalue weighted by molar-refractivity contribution is 7.86. The molecule has 0 fully saturated rings. The summed E-state index contributed by atoms with van der Waals surface area (Å²) in [6.07, 6.45) is 1.50. The third-order valence-corrected chi connectivity index (χ3v) is 3.87. The van der Waals surface area contributed by atoms with E-state index in [-0.39, 0.29) is 10.9 Å². The fraction of sp³-hybridized carbons (Fsp3) is 0.455. The molecule has 0 saturated heterocycles. The Morgan fingerprint density at radius 3 is 3.00 bits per heavy atom. The number of hydrogen-bond donors (Lipinski definition) is 2. The van der Waals surface area contributed by atoms with E-state index in [1.807, 2.05) is 0 Å². The predicted octanol–water partition coefficient (Wildman–Crippen LogP) is -0.0775. The van der Waals surface area contributed by atoms with Gasteiger partial charge in [-0.3, -0.25) is 9.00 Å². The van der Waals surface area contributed by atoms with Gasteiger partial charge >= 0.3 is 0 Å². The molecule has 7 heteroatoms. The van der Waals surface area contributed by atoms with Crippen LogP contribution in [-0.4, -0.2) is 40.6 Å². The van der Waals surface area contributed by atoms with Gasteiger partial charge in [0.25, 0.3) is 0 Å². The second-order valence-corrected chi connectivity index (χ2v) is 5.31. The zero-order chi connectivity index (χ0) is 13.5. The highest BCUT2D eigenvalue weighted by Crippen LogP contribution is 2.15. The van der Waals surface area contributed by atoms with E-state index in [1.165, 1.54) is 6.20 Å². The zero-order valence-corrected chi connectivity index (χ0v) is 11.2. The van der Waals surface area contributed by atoms with Crippen LogP contribution in [0.3, 0.4) is 0 Å². The van der Waals surface area contributed by atoms with Gasteiger partial charge < -0.3 is 15.8 Å². The van der Waals surface area contributed by atoms with Gasteiger partial charge in [-0.2, -0.15) is 0 Å². The fourth-order valence-corrected chi connectivity index (χ4v) is 2.33. The molecule has 0 radical (unpaired) electrons. The third kappa shape index (κ3) is 3.78. The van der Waals surface area contributed by atoms with Crippen molar-refractivity contribution in [3.05, 3.63) is 18.3 Å². The minimum atomic E-state index is -1.56. The summed E-state index contributed by atoms with van der Waals surface area (Å²) in [6, 6.07) is 3.26. The van der Waals surface area contributed by atoms with Crippen LogP contribution in [0.25, 0.3) is 0 Å². The summed E-state index contributed by atoms with van der Waals surface area (Å²) in [7, 11) is -0.0202. The summed E-state index contributed by atoms with van der Waals surface area (Å²) in [4.78, 5) is 15.7. The van der Waals surface area contributed by atoms with E-state index in [0.29, 0.717) is 18.8 Å². The maximum atomic E-state index is 12.1. The molecule has 1 heterocycles. The fourth-order valence-electron chi connectivity index (χ4n) is 1.26. The van der Waals surface area contributed by atoms with Gasteiger partial charge in [-0.05, 0) is 19.1 Å². The van der Waals surface area contributed by atoms with Crippen LogP contribution >= 0.6 is 0 Å². The number of aromatic nitrogens is 1. The average molecular weight is 271 g/mol. The molecule has 2 unspecified atom stereocenters. The number of nitrogen functional groups attached to an aromatic ring is 1. The van der Waals surface area contributed by atoms with Crippen molar-refractivity contribution in [2.75, 3.05) is 26.0 Å². The Hall–Kier alpha value is -1.47. The number of anilines is 1. The van der Waals surface area contributed by atoms with E-state index in [0.717, 1.165) is 0 Å². The van der Waals surface area contributed by atoms with Gasteiger partial charge in [0.05, 0.1) is 23.1 Å². The number of methoxy groups -OCH3 is 1. The van der Waals surface area contributed by atoms with Crippen molar-refractivity contribution < 1.29 is 13.7 Å². The van der Waals surface area contributed by atoms with E-state index in [2.05, 4.69) is 10.3 Å². The van der Waals surface area contributed by atoms with E-state index in [1.54, 1.807) is 26.2 Å². The number of hydrogen-bond acceptors (Lipinski definition) is 5. The number of nitrogens with zero attached hydrogens (tertiary/aromatic N) is 1. The molecule has 0 spiro atoms. The summed E-state index contributed by atoms with van der Waals surface area (Å²) in [6.45, 7) is 2.37. The second kappa shape index (κ2) is 7.07. The van der Waals surface area contributed by atoms with Crippen LogP contribution in [-0.2, 0) is 20.3 Å². The maximum absolute atomic E-state index is 12.1. The Morgan fingerprint density at radius 1 is 1.67 bits per heavy atom. The molecule has 0 aliphatic carbocycles. The van der Waals surface area contributed by atoms with Crippen LogP contribution in [0.2, 0.25) is 0 Å². The molecule has 0 bridgehead atoms. The van der Waals surface area contributed by atoms with Crippen molar-refractivity contribution in [1.82, 2.24) is 10.3 Å². The largest absolute Gasteiger partial charge is 0.396 e. The lowest BCUT2D eigenvalue weighted by Gasteiger charge is -2.12. The number of nitrogens with one attached hydrogen (secondary N) is 1. The topological polar surface area (TPSA) is 94.3 Å². The van der Waals surface area contributed by atoms with Gasteiger partial charge in [-0.1, -0.05) is 0 Å². The molecule has 3 N–H and O–H groups in total. The SMILES string of the molecule is COCCNC(=O)C(C)S(=O)c1ncccc1N. The number of amides is 1. The molecular formula is C11H17N3O3S. The van der Waals surface area contributed by atoms with Crippen molar-refractivity contribution in [2.24, 2.45) is 0 Å². The molecule has 0 aliphatic heterocycles. The molecule has 18 heavy (non-hydrogen) atoms. The van der Waals surface area contributed by atoms with Gasteiger partial charge in [0, 0.05) is 19.9 Å². The normalized spacial score (nSPS) is 13.9. The zero-order valence-electron chi connectivity index (χ0n) is 10.4. The van der Waals surface area contributed by atoms with Gasteiger partial charge in [0.2, 0.25) is 5.91 Å². The lowest BCUT2D eigenvalue weighted by molar-refractivity contribution is -0.120. The van der Waals surface area contributed by atoms with Crippen molar-refractivity contribution in [1.29, 1.82) is 0 Å². The second-order valence-electron chi connectivity index (χ2n) is 3.62. The van der Waals surface area contributed by atoms with E-state index < -0.39 is 16.0 Å². The molecule has 0 aromatic carbocycles. The quantitative estimate of drug-likeness (QED) is 0.706. The molecule has 1 aromatic rings. The van der Waals surface area contributed by atoms with E-state index in [9.17, 15) is 9.00 Å². The Labute approximate surface area is 108 Å².